The Morgan fingerprint density at radius 3 is 2.60 bits per heavy atom. The molecule has 1 unspecified atom stereocenters. The largest absolute Gasteiger partial charge is 0.351 e. The zero-order chi connectivity index (χ0) is 24.0. The number of hydrogen-bond donors (Lipinski definition) is 2. The second-order valence-corrected chi connectivity index (χ2v) is 10.9. The highest BCUT2D eigenvalue weighted by Gasteiger charge is 2.45. The van der Waals surface area contributed by atoms with Gasteiger partial charge < -0.3 is 20.1 Å². The van der Waals surface area contributed by atoms with E-state index in [1.54, 1.807) is 12.1 Å². The van der Waals surface area contributed by atoms with Crippen LogP contribution in [0.15, 0.2) is 48.5 Å². The van der Waals surface area contributed by atoms with E-state index in [0.29, 0.717) is 35.6 Å². The third-order valence-corrected chi connectivity index (χ3v) is 8.19. The van der Waals surface area contributed by atoms with Crippen LogP contribution in [0.2, 0.25) is 5.02 Å². The first-order chi connectivity index (χ1) is 17.0. The van der Waals surface area contributed by atoms with E-state index in [-0.39, 0.29) is 17.7 Å². The molecular weight excluding hydrogens is 460 g/mol. The Labute approximate surface area is 210 Å². The van der Waals surface area contributed by atoms with Crippen molar-refractivity contribution in [1.82, 2.24) is 15.2 Å². The highest BCUT2D eigenvalue weighted by molar-refractivity contribution is 6.31. The summed E-state index contributed by atoms with van der Waals surface area (Å²) < 4.78 is 0. The summed E-state index contributed by atoms with van der Waals surface area (Å²) in [6.07, 6.45) is 5.62. The van der Waals surface area contributed by atoms with Crippen LogP contribution in [0.25, 0.3) is 10.9 Å². The molecule has 2 amide bonds. The van der Waals surface area contributed by atoms with E-state index in [2.05, 4.69) is 39.5 Å². The summed E-state index contributed by atoms with van der Waals surface area (Å²) in [5.74, 6) is 0.0469. The molecule has 2 aliphatic heterocycles. The number of hydrogen-bond acceptors (Lipinski definition) is 3. The predicted octanol–water partition coefficient (Wildman–Crippen LogP) is 4.73. The van der Waals surface area contributed by atoms with Crippen LogP contribution in [0, 0.1) is 5.92 Å². The van der Waals surface area contributed by atoms with Crippen molar-refractivity contribution in [1.29, 1.82) is 0 Å². The fraction of sp³-hybridized carbons (Fsp3) is 0.429. The maximum atomic E-state index is 12.8. The first-order valence-corrected chi connectivity index (χ1v) is 13.1. The average Bonchev–Trinajstić information content (AvgIpc) is 3.19. The SMILES string of the molecule is O=C(NCC1CC(=O)N(c2ccc(C3(CN4CCCC4)CC3)cc2)C1)c1cc2cc(Cl)ccc2[nH]1. The molecule has 2 saturated heterocycles. The number of halogens is 1. The van der Waals surface area contributed by atoms with Gasteiger partial charge in [0.2, 0.25) is 5.91 Å². The van der Waals surface area contributed by atoms with Gasteiger partial charge in [-0.3, -0.25) is 9.59 Å². The van der Waals surface area contributed by atoms with Crippen molar-refractivity contribution >= 4 is 40.0 Å². The number of nitrogens with zero attached hydrogens (tertiary/aromatic N) is 2. The second-order valence-electron chi connectivity index (χ2n) is 10.5. The molecule has 2 N–H and O–H groups in total. The molecule has 3 heterocycles. The number of carbonyl (C=O) groups excluding carboxylic acids is 2. The number of nitrogens with one attached hydrogen (secondary N) is 2. The van der Waals surface area contributed by atoms with E-state index < -0.39 is 0 Å². The summed E-state index contributed by atoms with van der Waals surface area (Å²) in [4.78, 5) is 33.0. The smallest absolute Gasteiger partial charge is 0.267 e. The molecule has 3 aliphatic rings. The molecule has 6 rings (SSSR count). The van der Waals surface area contributed by atoms with Gasteiger partial charge >= 0.3 is 0 Å². The molecule has 2 aromatic carbocycles. The van der Waals surface area contributed by atoms with Crippen molar-refractivity contribution < 1.29 is 9.59 Å². The number of rotatable bonds is 7. The summed E-state index contributed by atoms with van der Waals surface area (Å²) in [5.41, 5.74) is 4.06. The monoisotopic (exact) mass is 490 g/mol. The molecule has 7 heteroatoms. The zero-order valence-electron chi connectivity index (χ0n) is 19.9. The third kappa shape index (κ3) is 4.57. The summed E-state index contributed by atoms with van der Waals surface area (Å²) in [7, 11) is 0. The van der Waals surface area contributed by atoms with Crippen LogP contribution in [0.4, 0.5) is 5.69 Å². The Morgan fingerprint density at radius 1 is 1.09 bits per heavy atom. The van der Waals surface area contributed by atoms with Crippen LogP contribution >= 0.6 is 11.6 Å². The number of likely N-dealkylation sites (tertiary alicyclic amines) is 1. The van der Waals surface area contributed by atoms with E-state index in [4.69, 9.17) is 11.6 Å². The summed E-state index contributed by atoms with van der Waals surface area (Å²) in [6, 6.07) is 16.0. The van der Waals surface area contributed by atoms with Gasteiger partial charge in [0.1, 0.15) is 5.69 Å². The maximum Gasteiger partial charge on any atom is 0.267 e. The Morgan fingerprint density at radius 2 is 1.86 bits per heavy atom. The fourth-order valence-corrected chi connectivity index (χ4v) is 5.96. The zero-order valence-corrected chi connectivity index (χ0v) is 20.6. The molecule has 1 aromatic heterocycles. The minimum Gasteiger partial charge on any atom is -0.351 e. The molecule has 182 valence electrons. The second kappa shape index (κ2) is 8.99. The van der Waals surface area contributed by atoms with Crippen molar-refractivity contribution in [3.63, 3.8) is 0 Å². The van der Waals surface area contributed by atoms with Gasteiger partial charge in [0, 0.05) is 59.0 Å². The van der Waals surface area contributed by atoms with Gasteiger partial charge in [-0.05, 0) is 80.7 Å². The average molecular weight is 491 g/mol. The molecule has 35 heavy (non-hydrogen) atoms. The first-order valence-electron chi connectivity index (χ1n) is 12.7. The summed E-state index contributed by atoms with van der Waals surface area (Å²) >= 11 is 6.05. The van der Waals surface area contributed by atoms with Crippen molar-refractivity contribution in [2.24, 2.45) is 5.92 Å². The Balaban J connectivity index is 1.06. The van der Waals surface area contributed by atoms with Gasteiger partial charge in [0.05, 0.1) is 0 Å². The van der Waals surface area contributed by atoms with Crippen molar-refractivity contribution in [2.45, 2.75) is 37.5 Å². The number of amides is 2. The molecule has 3 fully saturated rings. The van der Waals surface area contributed by atoms with Gasteiger partial charge in [-0.25, -0.2) is 0 Å². The molecule has 0 radical (unpaired) electrons. The topological polar surface area (TPSA) is 68.4 Å². The Kier molecular flexibility index (Phi) is 5.81. The standard InChI is InChI=1S/C28H31ClN4O2/c29-22-5-8-24-20(14-22)15-25(31-24)27(35)30-16-19-13-26(34)33(17-19)23-6-3-21(4-7-23)28(9-10-28)18-32-11-1-2-12-32/h3-8,14-15,19,31H,1-2,9-13,16-18H2,(H,30,35). The van der Waals surface area contributed by atoms with E-state index in [0.717, 1.165) is 16.6 Å². The molecule has 3 aromatic rings. The van der Waals surface area contributed by atoms with Crippen LogP contribution in [-0.4, -0.2) is 54.4 Å². The number of aromatic nitrogens is 1. The van der Waals surface area contributed by atoms with Crippen LogP contribution in [-0.2, 0) is 10.2 Å². The Bertz CT molecular complexity index is 1260. The van der Waals surface area contributed by atoms with Crippen molar-refractivity contribution in [2.75, 3.05) is 37.6 Å². The minimum atomic E-state index is -0.166. The molecular formula is C28H31ClN4O2. The van der Waals surface area contributed by atoms with Crippen LogP contribution < -0.4 is 10.2 Å². The molecule has 0 spiro atoms. The fourth-order valence-electron chi connectivity index (χ4n) is 5.78. The lowest BCUT2D eigenvalue weighted by Crippen LogP contribution is -2.31. The maximum absolute atomic E-state index is 12.8. The Hall–Kier alpha value is -2.83. The third-order valence-electron chi connectivity index (χ3n) is 7.95. The van der Waals surface area contributed by atoms with E-state index >= 15 is 0 Å². The van der Waals surface area contributed by atoms with E-state index in [1.165, 1.54) is 50.9 Å². The quantitative estimate of drug-likeness (QED) is 0.503. The van der Waals surface area contributed by atoms with Gasteiger partial charge in [0.25, 0.3) is 5.91 Å². The van der Waals surface area contributed by atoms with Crippen molar-refractivity contribution in [3.05, 3.63) is 64.8 Å². The number of fused-ring (bicyclic) bond motifs is 1. The van der Waals surface area contributed by atoms with E-state index in [9.17, 15) is 9.59 Å². The van der Waals surface area contributed by atoms with Gasteiger partial charge in [-0.2, -0.15) is 0 Å². The predicted molar refractivity (Wildman–Crippen MR) is 139 cm³/mol. The molecule has 6 nitrogen and oxygen atoms in total. The van der Waals surface area contributed by atoms with Gasteiger partial charge in [-0.1, -0.05) is 23.7 Å². The molecule has 1 saturated carbocycles. The molecule has 1 atom stereocenters. The van der Waals surface area contributed by atoms with Gasteiger partial charge in [0.15, 0.2) is 0 Å². The highest BCUT2D eigenvalue weighted by atomic mass is 35.5. The number of carbonyl (C=O) groups is 2. The van der Waals surface area contributed by atoms with Crippen LogP contribution in [0.1, 0.15) is 48.2 Å². The number of anilines is 1. The summed E-state index contributed by atoms with van der Waals surface area (Å²) in [5, 5.41) is 4.54. The lowest BCUT2D eigenvalue weighted by molar-refractivity contribution is -0.117. The number of benzene rings is 2. The lowest BCUT2D eigenvalue weighted by Gasteiger charge is -2.24. The summed E-state index contributed by atoms with van der Waals surface area (Å²) in [6.45, 7) is 4.72. The molecule has 0 bridgehead atoms. The number of H-pyrrole nitrogens is 1. The lowest BCUT2D eigenvalue weighted by atomic mass is 9.95. The minimum absolute atomic E-state index is 0.0925. The molecule has 1 aliphatic carbocycles. The van der Waals surface area contributed by atoms with E-state index in [1.807, 2.05) is 17.0 Å². The van der Waals surface area contributed by atoms with Gasteiger partial charge in [-0.15, -0.1) is 0 Å². The highest BCUT2D eigenvalue weighted by Crippen LogP contribution is 2.49. The normalized spacial score (nSPS) is 21.7. The number of aromatic amines is 1. The first kappa shape index (κ1) is 22.6. The van der Waals surface area contributed by atoms with Crippen LogP contribution in [0.3, 0.4) is 0 Å². The van der Waals surface area contributed by atoms with Crippen molar-refractivity contribution in [3.8, 4) is 0 Å². The van der Waals surface area contributed by atoms with Crippen LogP contribution in [0.5, 0.6) is 0 Å².